The number of aryl methyl sites for hydroxylation is 1. The fraction of sp³-hybridized carbons (Fsp3) is 0.375. The molecule has 178 valence electrons. The van der Waals surface area contributed by atoms with E-state index in [1.807, 2.05) is 19.1 Å². The number of rotatable bonds is 6. The summed E-state index contributed by atoms with van der Waals surface area (Å²) in [4.78, 5) is 16.7. The van der Waals surface area contributed by atoms with Crippen molar-refractivity contribution in [2.45, 2.75) is 26.7 Å². The van der Waals surface area contributed by atoms with Crippen molar-refractivity contribution in [1.29, 1.82) is 0 Å². The van der Waals surface area contributed by atoms with Gasteiger partial charge in [-0.2, -0.15) is 15.1 Å². The highest BCUT2D eigenvalue weighted by Gasteiger charge is 2.20. The van der Waals surface area contributed by atoms with E-state index < -0.39 is 5.82 Å². The number of ether oxygens (including phenoxy) is 1. The van der Waals surface area contributed by atoms with E-state index in [-0.39, 0.29) is 11.8 Å². The van der Waals surface area contributed by atoms with E-state index >= 15 is 4.39 Å². The van der Waals surface area contributed by atoms with Crippen LogP contribution in [0, 0.1) is 12.7 Å². The van der Waals surface area contributed by atoms with E-state index in [1.54, 1.807) is 18.2 Å². The number of halogens is 1. The Morgan fingerprint density at radius 3 is 2.59 bits per heavy atom. The molecule has 0 unspecified atom stereocenters. The number of benzene rings is 1. The summed E-state index contributed by atoms with van der Waals surface area (Å²) < 4.78 is 21.0. The van der Waals surface area contributed by atoms with Gasteiger partial charge in [0.05, 0.1) is 0 Å². The third-order valence-electron chi connectivity index (χ3n) is 6.03. The lowest BCUT2D eigenvalue weighted by atomic mass is 10.1. The zero-order chi connectivity index (χ0) is 23.8. The zero-order valence-electron chi connectivity index (χ0n) is 19.8. The van der Waals surface area contributed by atoms with Crippen molar-refractivity contribution in [3.05, 3.63) is 47.5 Å². The molecule has 10 heteroatoms. The van der Waals surface area contributed by atoms with Crippen LogP contribution in [0.2, 0.25) is 0 Å². The first-order chi connectivity index (χ1) is 16.4. The predicted octanol–water partition coefficient (Wildman–Crippen LogP) is 4.54. The van der Waals surface area contributed by atoms with Crippen LogP contribution < -0.4 is 15.0 Å². The van der Waals surface area contributed by atoms with Gasteiger partial charge in [-0.1, -0.05) is 13.8 Å². The van der Waals surface area contributed by atoms with Crippen LogP contribution in [-0.2, 0) is 0 Å². The first-order valence-electron chi connectivity index (χ1n) is 11.5. The molecule has 0 saturated carbocycles. The van der Waals surface area contributed by atoms with Gasteiger partial charge < -0.3 is 24.8 Å². The highest BCUT2D eigenvalue weighted by atomic mass is 19.1. The van der Waals surface area contributed by atoms with Crippen molar-refractivity contribution in [1.82, 2.24) is 30.0 Å². The van der Waals surface area contributed by atoms with E-state index in [4.69, 9.17) is 4.74 Å². The summed E-state index contributed by atoms with van der Waals surface area (Å²) in [6, 6.07) is 9.04. The van der Waals surface area contributed by atoms with Gasteiger partial charge in [-0.25, -0.2) is 4.39 Å². The van der Waals surface area contributed by atoms with Crippen LogP contribution in [0.5, 0.6) is 11.8 Å². The largest absolute Gasteiger partial charge is 0.421 e. The topological polar surface area (TPSA) is 98.0 Å². The highest BCUT2D eigenvalue weighted by Crippen LogP contribution is 2.31. The normalized spacial score (nSPS) is 14.8. The first kappa shape index (κ1) is 22.1. The second kappa shape index (κ2) is 8.94. The van der Waals surface area contributed by atoms with Crippen molar-refractivity contribution in [3.8, 4) is 11.8 Å². The second-order valence-electron chi connectivity index (χ2n) is 9.07. The van der Waals surface area contributed by atoms with Crippen molar-refractivity contribution >= 4 is 28.4 Å². The molecule has 0 spiro atoms. The SMILES string of the molecule is Cc1cc2c(F)c(Oc3nc(Nc4cc(C(C)C)[nH]n4)cc(N4CCN(C)CC4)n3)ccc2[nH]1. The van der Waals surface area contributed by atoms with Gasteiger partial charge in [0.25, 0.3) is 0 Å². The molecule has 0 bridgehead atoms. The van der Waals surface area contributed by atoms with Crippen molar-refractivity contribution in [2.75, 3.05) is 43.4 Å². The number of piperazine rings is 1. The van der Waals surface area contributed by atoms with Crippen LogP contribution in [-0.4, -0.2) is 63.3 Å². The molecule has 9 nitrogen and oxygen atoms in total. The molecule has 5 rings (SSSR count). The van der Waals surface area contributed by atoms with Crippen molar-refractivity contribution in [3.63, 3.8) is 0 Å². The summed E-state index contributed by atoms with van der Waals surface area (Å²) in [6.07, 6.45) is 0. The van der Waals surface area contributed by atoms with Gasteiger partial charge in [0.15, 0.2) is 17.4 Å². The molecular formula is C24H29FN8O. The third kappa shape index (κ3) is 4.54. The average molecular weight is 465 g/mol. The molecule has 4 aromatic rings. The lowest BCUT2D eigenvalue weighted by molar-refractivity contribution is 0.311. The molecule has 3 aromatic heterocycles. The number of hydrogen-bond donors (Lipinski definition) is 3. The monoisotopic (exact) mass is 464 g/mol. The van der Waals surface area contributed by atoms with E-state index in [0.29, 0.717) is 22.9 Å². The minimum Gasteiger partial charge on any atom is -0.421 e. The summed E-state index contributed by atoms with van der Waals surface area (Å²) in [5.41, 5.74) is 2.62. The second-order valence-corrected chi connectivity index (χ2v) is 9.07. The quantitative estimate of drug-likeness (QED) is 0.385. The van der Waals surface area contributed by atoms with Gasteiger partial charge in [-0.3, -0.25) is 5.10 Å². The zero-order valence-corrected chi connectivity index (χ0v) is 19.8. The van der Waals surface area contributed by atoms with Crippen LogP contribution in [0.1, 0.15) is 31.2 Å². The maximum absolute atomic E-state index is 15.1. The van der Waals surface area contributed by atoms with E-state index in [2.05, 4.69) is 61.2 Å². The number of nitrogens with zero attached hydrogens (tertiary/aromatic N) is 5. The summed E-state index contributed by atoms with van der Waals surface area (Å²) in [5, 5.41) is 11.1. The number of aromatic nitrogens is 5. The number of nitrogens with one attached hydrogen (secondary N) is 3. The smallest absolute Gasteiger partial charge is 0.326 e. The van der Waals surface area contributed by atoms with E-state index in [0.717, 1.165) is 48.9 Å². The van der Waals surface area contributed by atoms with Crippen LogP contribution in [0.3, 0.4) is 0 Å². The number of fused-ring (bicyclic) bond motifs is 1. The van der Waals surface area contributed by atoms with Crippen LogP contribution >= 0.6 is 0 Å². The molecule has 34 heavy (non-hydrogen) atoms. The molecule has 1 aromatic carbocycles. The minimum atomic E-state index is -0.446. The fourth-order valence-corrected chi connectivity index (χ4v) is 4.01. The van der Waals surface area contributed by atoms with Gasteiger partial charge in [0.2, 0.25) is 0 Å². The lowest BCUT2D eigenvalue weighted by Crippen LogP contribution is -2.44. The van der Waals surface area contributed by atoms with Crippen molar-refractivity contribution < 1.29 is 9.13 Å². The number of H-pyrrole nitrogens is 2. The van der Waals surface area contributed by atoms with Gasteiger partial charge in [-0.05, 0) is 38.1 Å². The number of aromatic amines is 2. The third-order valence-corrected chi connectivity index (χ3v) is 6.03. The Balaban J connectivity index is 1.48. The Labute approximate surface area is 197 Å². The fourth-order valence-electron chi connectivity index (χ4n) is 4.01. The Kier molecular flexibility index (Phi) is 5.82. The van der Waals surface area contributed by atoms with Gasteiger partial charge in [0.1, 0.15) is 11.6 Å². The summed E-state index contributed by atoms with van der Waals surface area (Å²) in [7, 11) is 2.10. The maximum atomic E-state index is 15.1. The molecule has 4 heterocycles. The van der Waals surface area contributed by atoms with E-state index in [1.165, 1.54) is 0 Å². The molecule has 0 amide bonds. The first-order valence-corrected chi connectivity index (χ1v) is 11.5. The van der Waals surface area contributed by atoms with Crippen LogP contribution in [0.4, 0.5) is 21.8 Å². The predicted molar refractivity (Wildman–Crippen MR) is 131 cm³/mol. The Morgan fingerprint density at radius 2 is 1.85 bits per heavy atom. The molecule has 1 fully saturated rings. The number of hydrogen-bond acceptors (Lipinski definition) is 7. The maximum Gasteiger partial charge on any atom is 0.326 e. The summed E-state index contributed by atoms with van der Waals surface area (Å²) >= 11 is 0. The van der Waals surface area contributed by atoms with Gasteiger partial charge in [0, 0.05) is 60.6 Å². The standard InChI is InChI=1S/C24H29FN8O/c1-14(2)18-12-21(31-30-18)27-20-13-22(33-9-7-32(4)8-10-33)29-24(28-20)34-19-6-5-17-16(23(19)25)11-15(3)26-17/h5-6,11-14,26H,7-10H2,1-4H3,(H2,27,28,29,30,31). The molecule has 3 N–H and O–H groups in total. The van der Waals surface area contributed by atoms with Crippen LogP contribution in [0.15, 0.2) is 30.3 Å². The number of anilines is 3. The Hall–Kier alpha value is -3.66. The molecule has 0 atom stereocenters. The Morgan fingerprint density at radius 1 is 1.06 bits per heavy atom. The molecule has 1 aliphatic heterocycles. The van der Waals surface area contributed by atoms with E-state index in [9.17, 15) is 0 Å². The molecule has 0 aliphatic carbocycles. The van der Waals surface area contributed by atoms with Crippen LogP contribution in [0.25, 0.3) is 10.9 Å². The van der Waals surface area contributed by atoms with Crippen molar-refractivity contribution in [2.24, 2.45) is 0 Å². The highest BCUT2D eigenvalue weighted by molar-refractivity contribution is 5.82. The average Bonchev–Trinajstić information content (AvgIpc) is 3.43. The van der Waals surface area contributed by atoms with Gasteiger partial charge in [-0.15, -0.1) is 0 Å². The Bertz CT molecular complexity index is 1310. The van der Waals surface area contributed by atoms with Gasteiger partial charge >= 0.3 is 6.01 Å². The molecule has 1 aliphatic rings. The number of likely N-dealkylation sites (N-methyl/N-ethyl adjacent to an activating group) is 1. The lowest BCUT2D eigenvalue weighted by Gasteiger charge is -2.33. The molecular weight excluding hydrogens is 435 g/mol. The molecule has 0 radical (unpaired) electrons. The summed E-state index contributed by atoms with van der Waals surface area (Å²) in [6.45, 7) is 9.59. The molecule has 1 saturated heterocycles. The summed E-state index contributed by atoms with van der Waals surface area (Å²) in [5.74, 6) is 1.85. The minimum absolute atomic E-state index is 0.0732.